The van der Waals surface area contributed by atoms with Crippen molar-refractivity contribution >= 4 is 21.4 Å². The van der Waals surface area contributed by atoms with E-state index in [1.807, 2.05) is 0 Å². The molecule has 1 aromatic carbocycles. The van der Waals surface area contributed by atoms with E-state index >= 15 is 0 Å². The Labute approximate surface area is 127 Å². The molecule has 1 fully saturated rings. The Balaban J connectivity index is 2.33. The van der Waals surface area contributed by atoms with Gasteiger partial charge >= 0.3 is 0 Å². The van der Waals surface area contributed by atoms with Crippen LogP contribution >= 0.6 is 0 Å². The lowest BCUT2D eigenvalue weighted by Gasteiger charge is -2.38. The minimum absolute atomic E-state index is 0.251. The fourth-order valence-electron chi connectivity index (χ4n) is 2.68. The zero-order chi connectivity index (χ0) is 15.6. The highest BCUT2D eigenvalue weighted by Gasteiger charge is 2.24. The topological polar surface area (TPSA) is 78.7 Å². The fourth-order valence-corrected chi connectivity index (χ4v) is 3.43. The summed E-state index contributed by atoms with van der Waals surface area (Å²) in [6, 6.07) is 5.33. The van der Waals surface area contributed by atoms with Crippen LogP contribution in [0.15, 0.2) is 23.1 Å². The van der Waals surface area contributed by atoms with Crippen molar-refractivity contribution in [3.8, 4) is 0 Å². The standard InChI is InChI=1S/C14H24N4O2S/c1-16-21(19,20)12-6-7-13(15)14(9-12)18-8-4-5-11(10-18)17(2)3/h6-7,9,11,16H,4-5,8,10,15H2,1-3H3. The maximum atomic E-state index is 11.9. The first-order valence-corrected chi connectivity index (χ1v) is 8.58. The van der Waals surface area contributed by atoms with E-state index < -0.39 is 10.0 Å². The van der Waals surface area contributed by atoms with Crippen molar-refractivity contribution in [2.45, 2.75) is 23.8 Å². The summed E-state index contributed by atoms with van der Waals surface area (Å²) in [5.74, 6) is 0. The lowest BCUT2D eigenvalue weighted by atomic mass is 10.0. The van der Waals surface area contributed by atoms with Gasteiger partial charge in [-0.05, 0) is 52.2 Å². The summed E-state index contributed by atoms with van der Waals surface area (Å²) in [6.07, 6.45) is 2.23. The minimum atomic E-state index is -3.45. The second-order valence-electron chi connectivity index (χ2n) is 5.63. The third kappa shape index (κ3) is 3.48. The Kier molecular flexibility index (Phi) is 4.75. The Morgan fingerprint density at radius 1 is 1.38 bits per heavy atom. The highest BCUT2D eigenvalue weighted by Crippen LogP contribution is 2.29. The molecular formula is C14H24N4O2S. The molecule has 118 valence electrons. The smallest absolute Gasteiger partial charge is 0.240 e. The Hall–Kier alpha value is -1.31. The van der Waals surface area contributed by atoms with Crippen LogP contribution in [0.25, 0.3) is 0 Å². The minimum Gasteiger partial charge on any atom is -0.397 e. The summed E-state index contributed by atoms with van der Waals surface area (Å²) >= 11 is 0. The molecule has 1 unspecified atom stereocenters. The van der Waals surface area contributed by atoms with Gasteiger partial charge in [-0.25, -0.2) is 13.1 Å². The highest BCUT2D eigenvalue weighted by atomic mass is 32.2. The van der Waals surface area contributed by atoms with Crippen molar-refractivity contribution < 1.29 is 8.42 Å². The average molecular weight is 312 g/mol. The van der Waals surface area contributed by atoms with Crippen molar-refractivity contribution in [1.29, 1.82) is 0 Å². The first kappa shape index (κ1) is 16.1. The van der Waals surface area contributed by atoms with Crippen LogP contribution in [0.4, 0.5) is 11.4 Å². The van der Waals surface area contributed by atoms with E-state index in [0.717, 1.165) is 31.6 Å². The van der Waals surface area contributed by atoms with Crippen LogP contribution < -0.4 is 15.4 Å². The van der Waals surface area contributed by atoms with Gasteiger partial charge in [-0.2, -0.15) is 0 Å². The van der Waals surface area contributed by atoms with Crippen LogP contribution in [0.1, 0.15) is 12.8 Å². The van der Waals surface area contributed by atoms with E-state index in [4.69, 9.17) is 5.73 Å². The summed E-state index contributed by atoms with van der Waals surface area (Å²) in [6.45, 7) is 1.76. The lowest BCUT2D eigenvalue weighted by molar-refractivity contribution is 0.258. The second-order valence-corrected chi connectivity index (χ2v) is 7.52. The third-order valence-electron chi connectivity index (χ3n) is 4.05. The van der Waals surface area contributed by atoms with Gasteiger partial charge < -0.3 is 15.5 Å². The molecule has 3 N–H and O–H groups in total. The molecule has 21 heavy (non-hydrogen) atoms. The number of anilines is 2. The van der Waals surface area contributed by atoms with Crippen LogP contribution in [-0.4, -0.2) is 53.6 Å². The number of nitrogen functional groups attached to an aromatic ring is 1. The van der Waals surface area contributed by atoms with Crippen LogP contribution in [0.5, 0.6) is 0 Å². The second kappa shape index (κ2) is 6.21. The Bertz CT molecular complexity index is 601. The molecule has 0 spiro atoms. The van der Waals surface area contributed by atoms with Gasteiger partial charge in [0.25, 0.3) is 0 Å². The first-order valence-electron chi connectivity index (χ1n) is 7.09. The molecule has 0 radical (unpaired) electrons. The van der Waals surface area contributed by atoms with Crippen LogP contribution in [0, 0.1) is 0 Å². The number of likely N-dealkylation sites (N-methyl/N-ethyl adjacent to an activating group) is 1. The van der Waals surface area contributed by atoms with Crippen molar-refractivity contribution in [3.05, 3.63) is 18.2 Å². The Morgan fingerprint density at radius 2 is 2.10 bits per heavy atom. The monoisotopic (exact) mass is 312 g/mol. The largest absolute Gasteiger partial charge is 0.397 e. The maximum Gasteiger partial charge on any atom is 0.240 e. The molecule has 1 atom stereocenters. The van der Waals surface area contributed by atoms with Crippen molar-refractivity contribution in [1.82, 2.24) is 9.62 Å². The number of hydrogen-bond donors (Lipinski definition) is 2. The summed E-state index contributed by atoms with van der Waals surface area (Å²) in [5.41, 5.74) is 7.47. The molecule has 2 rings (SSSR count). The van der Waals surface area contributed by atoms with Gasteiger partial charge in [-0.3, -0.25) is 0 Å². The van der Waals surface area contributed by atoms with Gasteiger partial charge in [-0.1, -0.05) is 0 Å². The number of hydrogen-bond acceptors (Lipinski definition) is 5. The number of nitrogens with zero attached hydrogens (tertiary/aromatic N) is 2. The molecule has 1 aromatic rings. The molecule has 1 aliphatic heterocycles. The van der Waals surface area contributed by atoms with Gasteiger partial charge in [0.05, 0.1) is 16.3 Å². The molecule has 0 bridgehead atoms. The fraction of sp³-hybridized carbons (Fsp3) is 0.571. The van der Waals surface area contributed by atoms with E-state index in [9.17, 15) is 8.42 Å². The lowest BCUT2D eigenvalue weighted by Crippen LogP contribution is -2.45. The average Bonchev–Trinajstić information content (AvgIpc) is 2.47. The number of piperidine rings is 1. The third-order valence-corrected chi connectivity index (χ3v) is 5.46. The van der Waals surface area contributed by atoms with Gasteiger partial charge in [-0.15, -0.1) is 0 Å². The van der Waals surface area contributed by atoms with Crippen molar-refractivity contribution in [3.63, 3.8) is 0 Å². The zero-order valence-electron chi connectivity index (χ0n) is 12.8. The first-order chi connectivity index (χ1) is 9.85. The van der Waals surface area contributed by atoms with Crippen LogP contribution in [-0.2, 0) is 10.0 Å². The molecule has 0 aromatic heterocycles. The maximum absolute atomic E-state index is 11.9. The molecule has 1 aliphatic rings. The van der Waals surface area contributed by atoms with E-state index in [0.29, 0.717) is 11.7 Å². The van der Waals surface area contributed by atoms with Crippen molar-refractivity contribution in [2.24, 2.45) is 0 Å². The summed E-state index contributed by atoms with van der Waals surface area (Å²) in [7, 11) is 2.10. The molecule has 1 saturated heterocycles. The number of sulfonamides is 1. The quantitative estimate of drug-likeness (QED) is 0.801. The summed E-state index contributed by atoms with van der Waals surface area (Å²) in [4.78, 5) is 4.63. The van der Waals surface area contributed by atoms with Gasteiger partial charge in [0.2, 0.25) is 10.0 Å². The predicted octanol–water partition coefficient (Wildman–Crippen LogP) is 0.707. The zero-order valence-corrected chi connectivity index (χ0v) is 13.7. The molecule has 1 heterocycles. The predicted molar refractivity (Wildman–Crippen MR) is 86.0 cm³/mol. The van der Waals surface area contributed by atoms with Crippen LogP contribution in [0.3, 0.4) is 0 Å². The number of nitrogens with two attached hydrogens (primary N) is 1. The summed E-state index contributed by atoms with van der Waals surface area (Å²) < 4.78 is 26.2. The molecule has 0 saturated carbocycles. The van der Waals surface area contributed by atoms with E-state index in [-0.39, 0.29) is 4.90 Å². The SMILES string of the molecule is CNS(=O)(=O)c1ccc(N)c(N2CCCC(N(C)C)C2)c1. The van der Waals surface area contributed by atoms with Gasteiger partial charge in [0, 0.05) is 19.1 Å². The highest BCUT2D eigenvalue weighted by molar-refractivity contribution is 7.89. The van der Waals surface area contributed by atoms with Gasteiger partial charge in [0.15, 0.2) is 0 Å². The summed E-state index contributed by atoms with van der Waals surface area (Å²) in [5, 5.41) is 0. The normalized spacial score (nSPS) is 20.0. The Morgan fingerprint density at radius 3 is 2.71 bits per heavy atom. The molecule has 6 nitrogen and oxygen atoms in total. The van der Waals surface area contributed by atoms with E-state index in [1.165, 1.54) is 13.1 Å². The van der Waals surface area contributed by atoms with Crippen LogP contribution in [0.2, 0.25) is 0 Å². The van der Waals surface area contributed by atoms with Gasteiger partial charge in [0.1, 0.15) is 0 Å². The van der Waals surface area contributed by atoms with E-state index in [1.54, 1.807) is 12.1 Å². The van der Waals surface area contributed by atoms with E-state index in [2.05, 4.69) is 28.6 Å². The molecular weight excluding hydrogens is 288 g/mol. The molecule has 0 amide bonds. The molecule has 7 heteroatoms. The van der Waals surface area contributed by atoms with Crippen molar-refractivity contribution in [2.75, 3.05) is 44.9 Å². The number of rotatable bonds is 4. The molecule has 0 aliphatic carbocycles. The number of nitrogens with one attached hydrogen (secondary N) is 1. The number of benzene rings is 1.